The average molecular weight is 450 g/mol. The number of hydrogen-bond donors (Lipinski definition) is 2. The number of fused-ring (bicyclic) bond motifs is 3. The highest BCUT2D eigenvalue weighted by molar-refractivity contribution is 6.32. The fourth-order valence-corrected chi connectivity index (χ4v) is 4.53. The number of hydrogen-bond acceptors (Lipinski definition) is 5. The van der Waals surface area contributed by atoms with Gasteiger partial charge in [-0.15, -0.1) is 0 Å². The molecule has 3 N–H and O–H groups in total. The molecule has 0 spiro atoms. The molecule has 5 rings (SSSR count). The molecule has 2 aromatic carbocycles. The summed E-state index contributed by atoms with van der Waals surface area (Å²) in [4.78, 5) is 25.2. The van der Waals surface area contributed by atoms with E-state index in [-0.39, 0.29) is 0 Å². The van der Waals surface area contributed by atoms with Crippen molar-refractivity contribution in [3.05, 3.63) is 53.1 Å². The molecule has 0 bridgehead atoms. The van der Waals surface area contributed by atoms with Gasteiger partial charge in [-0.05, 0) is 49.5 Å². The minimum absolute atomic E-state index is 0.397. The second kappa shape index (κ2) is 8.00. The standard InChI is InChI=1S/C24H24ClN5O2/c1-29-7-9-30(10-8-29)15-4-5-16-20(12-15)28-23-17(24(26)31)13-19(27-22(16)23)14-3-6-21(32-2)18(25)11-14/h3-6,11-13,28H,7-10H2,1-2H3,(H2,26,31). The molecule has 8 heteroatoms. The van der Waals surface area contributed by atoms with E-state index in [1.165, 1.54) is 0 Å². The number of nitrogens with zero attached hydrogens (tertiary/aromatic N) is 3. The van der Waals surface area contributed by atoms with Gasteiger partial charge in [-0.25, -0.2) is 4.98 Å². The van der Waals surface area contributed by atoms with Gasteiger partial charge in [0.05, 0.1) is 39.9 Å². The van der Waals surface area contributed by atoms with Crippen LogP contribution in [-0.4, -0.2) is 61.1 Å². The van der Waals surface area contributed by atoms with E-state index in [2.05, 4.69) is 40.0 Å². The van der Waals surface area contributed by atoms with E-state index in [1.807, 2.05) is 6.07 Å². The van der Waals surface area contributed by atoms with Crippen LogP contribution in [0.3, 0.4) is 0 Å². The Balaban J connectivity index is 1.64. The maximum absolute atomic E-state index is 12.3. The molecule has 0 saturated carbocycles. The van der Waals surface area contributed by atoms with Crippen LogP contribution in [0.15, 0.2) is 42.5 Å². The third-order valence-corrected chi connectivity index (χ3v) is 6.41. The number of rotatable bonds is 4. The topological polar surface area (TPSA) is 87.5 Å². The molecule has 1 aliphatic rings. The average Bonchev–Trinajstić information content (AvgIpc) is 3.16. The SMILES string of the molecule is COc1ccc(-c2cc(C(N)=O)c3[nH]c4cc(N5CCN(C)CC5)ccc4c3n2)cc1Cl. The van der Waals surface area contributed by atoms with Crippen LogP contribution >= 0.6 is 11.6 Å². The number of pyridine rings is 1. The molecule has 4 aromatic rings. The van der Waals surface area contributed by atoms with Gasteiger partial charge in [0, 0.05) is 42.8 Å². The monoisotopic (exact) mass is 449 g/mol. The summed E-state index contributed by atoms with van der Waals surface area (Å²) in [6.07, 6.45) is 0. The Hall–Kier alpha value is -3.29. The lowest BCUT2D eigenvalue weighted by molar-refractivity contribution is 0.100. The highest BCUT2D eigenvalue weighted by atomic mass is 35.5. The van der Waals surface area contributed by atoms with Crippen LogP contribution in [0.1, 0.15) is 10.4 Å². The number of carbonyl (C=O) groups is 1. The second-order valence-electron chi connectivity index (χ2n) is 8.14. The molecule has 0 unspecified atom stereocenters. The van der Waals surface area contributed by atoms with E-state index in [1.54, 1.807) is 25.3 Å². The second-order valence-corrected chi connectivity index (χ2v) is 8.54. The van der Waals surface area contributed by atoms with Crippen LogP contribution in [0, 0.1) is 0 Å². The van der Waals surface area contributed by atoms with Gasteiger partial charge in [0.15, 0.2) is 0 Å². The summed E-state index contributed by atoms with van der Waals surface area (Å²) >= 11 is 6.32. The van der Waals surface area contributed by atoms with E-state index in [9.17, 15) is 4.79 Å². The van der Waals surface area contributed by atoms with Crippen molar-refractivity contribution in [3.63, 3.8) is 0 Å². The van der Waals surface area contributed by atoms with Crippen LogP contribution < -0.4 is 15.4 Å². The first-order valence-corrected chi connectivity index (χ1v) is 10.9. The summed E-state index contributed by atoms with van der Waals surface area (Å²) in [6, 6.07) is 13.4. The number of methoxy groups -OCH3 is 1. The summed E-state index contributed by atoms with van der Waals surface area (Å²) in [6.45, 7) is 4.03. The molecule has 0 aliphatic carbocycles. The normalized spacial score (nSPS) is 14.9. The summed E-state index contributed by atoms with van der Waals surface area (Å²) in [5.41, 5.74) is 11.0. The minimum Gasteiger partial charge on any atom is -0.495 e. The van der Waals surface area contributed by atoms with Crippen molar-refractivity contribution in [2.45, 2.75) is 0 Å². The number of carbonyl (C=O) groups excluding carboxylic acids is 1. The van der Waals surface area contributed by atoms with E-state index in [0.717, 1.165) is 48.3 Å². The van der Waals surface area contributed by atoms with Crippen molar-refractivity contribution < 1.29 is 9.53 Å². The third-order valence-electron chi connectivity index (χ3n) is 6.12. The van der Waals surface area contributed by atoms with Gasteiger partial charge in [0.1, 0.15) is 5.75 Å². The lowest BCUT2D eigenvalue weighted by Gasteiger charge is -2.34. The number of amides is 1. The van der Waals surface area contributed by atoms with Gasteiger partial charge in [-0.1, -0.05) is 11.6 Å². The Bertz CT molecular complexity index is 1340. The fourth-order valence-electron chi connectivity index (χ4n) is 4.27. The Morgan fingerprint density at radius 2 is 1.91 bits per heavy atom. The molecule has 1 aliphatic heterocycles. The van der Waals surface area contributed by atoms with Crippen LogP contribution in [-0.2, 0) is 0 Å². The summed E-state index contributed by atoms with van der Waals surface area (Å²) in [5.74, 6) is 0.0688. The number of ether oxygens (including phenoxy) is 1. The van der Waals surface area contributed by atoms with Gasteiger partial charge in [0.25, 0.3) is 5.91 Å². The maximum atomic E-state index is 12.3. The van der Waals surface area contributed by atoms with Crippen LogP contribution in [0.5, 0.6) is 5.75 Å². The quantitative estimate of drug-likeness (QED) is 0.493. The van der Waals surface area contributed by atoms with Crippen molar-refractivity contribution in [1.82, 2.24) is 14.9 Å². The van der Waals surface area contributed by atoms with Gasteiger partial charge >= 0.3 is 0 Å². The predicted octanol–water partition coefficient (Wildman–Crippen LogP) is 3.90. The van der Waals surface area contributed by atoms with Crippen LogP contribution in [0.4, 0.5) is 5.69 Å². The molecule has 0 radical (unpaired) electrons. The lowest BCUT2D eigenvalue weighted by Crippen LogP contribution is -2.44. The minimum atomic E-state index is -0.510. The number of likely N-dealkylation sites (N-methyl/N-ethyl adjacent to an activating group) is 1. The lowest BCUT2D eigenvalue weighted by atomic mass is 10.1. The molecule has 0 atom stereocenters. The van der Waals surface area contributed by atoms with Gasteiger partial charge in [0.2, 0.25) is 0 Å². The highest BCUT2D eigenvalue weighted by Crippen LogP contribution is 2.34. The molecule has 1 saturated heterocycles. The first-order valence-electron chi connectivity index (χ1n) is 10.5. The first kappa shape index (κ1) is 20.6. The molecule has 3 heterocycles. The third kappa shape index (κ3) is 3.53. The van der Waals surface area contributed by atoms with E-state index in [0.29, 0.717) is 33.1 Å². The highest BCUT2D eigenvalue weighted by Gasteiger charge is 2.19. The van der Waals surface area contributed by atoms with E-state index >= 15 is 0 Å². The maximum Gasteiger partial charge on any atom is 0.250 e. The van der Waals surface area contributed by atoms with Crippen molar-refractivity contribution in [1.29, 1.82) is 0 Å². The Labute approximate surface area is 190 Å². The molecule has 164 valence electrons. The number of aromatic nitrogens is 2. The van der Waals surface area contributed by atoms with Gasteiger partial charge in [-0.3, -0.25) is 4.79 Å². The Morgan fingerprint density at radius 3 is 2.59 bits per heavy atom. The number of anilines is 1. The molecular formula is C24H24ClN5O2. The largest absolute Gasteiger partial charge is 0.495 e. The van der Waals surface area contributed by atoms with Crippen molar-refractivity contribution >= 4 is 45.1 Å². The molecule has 1 fully saturated rings. The zero-order valence-electron chi connectivity index (χ0n) is 18.0. The summed E-state index contributed by atoms with van der Waals surface area (Å²) in [7, 11) is 3.71. The summed E-state index contributed by atoms with van der Waals surface area (Å²) in [5, 5.41) is 1.42. The number of halogens is 1. The number of H-pyrrole nitrogens is 1. The van der Waals surface area contributed by atoms with Gasteiger partial charge < -0.3 is 25.3 Å². The van der Waals surface area contributed by atoms with E-state index in [4.69, 9.17) is 27.1 Å². The number of nitrogens with one attached hydrogen (secondary N) is 1. The van der Waals surface area contributed by atoms with Gasteiger partial charge in [-0.2, -0.15) is 0 Å². The first-order chi connectivity index (χ1) is 15.4. The Morgan fingerprint density at radius 1 is 1.12 bits per heavy atom. The molecule has 1 amide bonds. The zero-order valence-corrected chi connectivity index (χ0v) is 18.7. The van der Waals surface area contributed by atoms with Crippen molar-refractivity contribution in [2.75, 3.05) is 45.2 Å². The molecular weight excluding hydrogens is 426 g/mol. The molecule has 7 nitrogen and oxygen atoms in total. The van der Waals surface area contributed by atoms with Crippen molar-refractivity contribution in [2.24, 2.45) is 5.73 Å². The number of primary amides is 1. The fraction of sp³-hybridized carbons (Fsp3) is 0.250. The van der Waals surface area contributed by atoms with Crippen LogP contribution in [0.25, 0.3) is 33.2 Å². The number of nitrogens with two attached hydrogens (primary N) is 1. The Kier molecular flexibility index (Phi) is 5.15. The van der Waals surface area contributed by atoms with Crippen LogP contribution in [0.2, 0.25) is 5.02 Å². The predicted molar refractivity (Wildman–Crippen MR) is 129 cm³/mol. The van der Waals surface area contributed by atoms with Crippen molar-refractivity contribution in [3.8, 4) is 17.0 Å². The van der Waals surface area contributed by atoms with E-state index < -0.39 is 5.91 Å². The zero-order chi connectivity index (χ0) is 22.4. The number of aromatic amines is 1. The number of benzene rings is 2. The number of piperazine rings is 1. The summed E-state index contributed by atoms with van der Waals surface area (Å²) < 4.78 is 5.24. The smallest absolute Gasteiger partial charge is 0.250 e. The molecule has 32 heavy (non-hydrogen) atoms. The molecule has 2 aromatic heterocycles.